The Morgan fingerprint density at radius 2 is 2.16 bits per heavy atom. The van der Waals surface area contributed by atoms with Crippen molar-refractivity contribution in [2.24, 2.45) is 5.73 Å². The number of likely N-dealkylation sites (N-methyl/N-ethyl adjacent to an activating group) is 2. The van der Waals surface area contributed by atoms with Crippen molar-refractivity contribution in [3.8, 4) is 0 Å². The molecule has 0 aliphatic carbocycles. The highest BCUT2D eigenvalue weighted by Gasteiger charge is 2.22. The summed E-state index contributed by atoms with van der Waals surface area (Å²) in [6, 6.07) is 9.54. The van der Waals surface area contributed by atoms with E-state index in [4.69, 9.17) is 5.73 Å². The Hall–Kier alpha value is -1.06. The first-order valence-electron chi connectivity index (χ1n) is 7.33. The van der Waals surface area contributed by atoms with E-state index >= 15 is 0 Å². The van der Waals surface area contributed by atoms with Gasteiger partial charge in [-0.15, -0.1) is 0 Å². The van der Waals surface area contributed by atoms with E-state index in [1.54, 1.807) is 0 Å². The van der Waals surface area contributed by atoms with Crippen LogP contribution >= 0.6 is 0 Å². The molecule has 0 spiro atoms. The van der Waals surface area contributed by atoms with Crippen LogP contribution in [0.5, 0.6) is 0 Å². The number of para-hydroxylation sites is 1. The normalized spacial score (nSPS) is 21.6. The second-order valence-electron chi connectivity index (χ2n) is 5.97. The first-order chi connectivity index (χ1) is 9.08. The van der Waals surface area contributed by atoms with Gasteiger partial charge in [0.1, 0.15) is 0 Å². The summed E-state index contributed by atoms with van der Waals surface area (Å²) in [6.07, 6.45) is 3.59. The molecule has 1 heterocycles. The summed E-state index contributed by atoms with van der Waals surface area (Å²) in [4.78, 5) is 4.87. The number of rotatable bonds is 5. The van der Waals surface area contributed by atoms with Crippen molar-refractivity contribution in [3.05, 3.63) is 29.8 Å². The Balaban J connectivity index is 2.07. The maximum Gasteiger partial charge on any atom is 0.0397 e. The molecule has 0 aromatic heterocycles. The van der Waals surface area contributed by atoms with Crippen LogP contribution < -0.4 is 10.6 Å². The summed E-state index contributed by atoms with van der Waals surface area (Å²) in [5.41, 5.74) is 8.65. The molecule has 1 fully saturated rings. The monoisotopic (exact) mass is 261 g/mol. The van der Waals surface area contributed by atoms with Crippen LogP contribution in [0.4, 0.5) is 5.69 Å². The highest BCUT2D eigenvalue weighted by molar-refractivity contribution is 5.53. The molecule has 106 valence electrons. The standard InChI is InChI=1S/C16H27N3/c1-13(17)11-14-7-4-5-9-16(14)19(3)12-15-8-6-10-18(15)2/h4-5,7,9,13,15H,6,8,10-12,17H2,1-3H3. The number of anilines is 1. The van der Waals surface area contributed by atoms with Crippen LogP contribution in [0.15, 0.2) is 24.3 Å². The molecule has 0 radical (unpaired) electrons. The van der Waals surface area contributed by atoms with Crippen LogP contribution in [0.2, 0.25) is 0 Å². The van der Waals surface area contributed by atoms with Crippen LogP contribution in [0.3, 0.4) is 0 Å². The topological polar surface area (TPSA) is 32.5 Å². The van der Waals surface area contributed by atoms with Crippen LogP contribution in [-0.2, 0) is 6.42 Å². The summed E-state index contributed by atoms with van der Waals surface area (Å²) in [6.45, 7) is 4.41. The zero-order chi connectivity index (χ0) is 13.8. The van der Waals surface area contributed by atoms with Gasteiger partial charge in [0.25, 0.3) is 0 Å². The van der Waals surface area contributed by atoms with Crippen molar-refractivity contribution >= 4 is 5.69 Å². The Labute approximate surface area is 117 Å². The van der Waals surface area contributed by atoms with Crippen molar-refractivity contribution < 1.29 is 0 Å². The second kappa shape index (κ2) is 6.40. The molecule has 0 saturated carbocycles. The summed E-state index contributed by atoms with van der Waals surface area (Å²) >= 11 is 0. The van der Waals surface area contributed by atoms with Crippen LogP contribution in [0, 0.1) is 0 Å². The van der Waals surface area contributed by atoms with Gasteiger partial charge in [-0.05, 0) is 51.4 Å². The lowest BCUT2D eigenvalue weighted by molar-refractivity contribution is 0.314. The van der Waals surface area contributed by atoms with E-state index in [0.717, 1.165) is 13.0 Å². The molecule has 1 aromatic carbocycles. The average Bonchev–Trinajstić information content (AvgIpc) is 2.75. The van der Waals surface area contributed by atoms with E-state index in [1.165, 1.54) is 30.6 Å². The molecule has 2 atom stereocenters. The summed E-state index contributed by atoms with van der Waals surface area (Å²) < 4.78 is 0. The van der Waals surface area contributed by atoms with E-state index < -0.39 is 0 Å². The van der Waals surface area contributed by atoms with Gasteiger partial charge >= 0.3 is 0 Å². The van der Waals surface area contributed by atoms with Crippen molar-refractivity contribution in [2.75, 3.05) is 32.1 Å². The molecular weight excluding hydrogens is 234 g/mol. The summed E-state index contributed by atoms with van der Waals surface area (Å²) in [5, 5.41) is 0. The Kier molecular flexibility index (Phi) is 4.83. The van der Waals surface area contributed by atoms with E-state index in [0.29, 0.717) is 6.04 Å². The molecule has 3 nitrogen and oxygen atoms in total. The van der Waals surface area contributed by atoms with Gasteiger partial charge in [-0.25, -0.2) is 0 Å². The summed E-state index contributed by atoms with van der Waals surface area (Å²) in [7, 11) is 4.44. The van der Waals surface area contributed by atoms with Gasteiger partial charge in [0.2, 0.25) is 0 Å². The molecule has 1 saturated heterocycles. The minimum Gasteiger partial charge on any atom is -0.373 e. The molecule has 3 heteroatoms. The number of hydrogen-bond donors (Lipinski definition) is 1. The predicted octanol–water partition coefficient (Wildman–Crippen LogP) is 2.11. The molecule has 0 amide bonds. The number of benzene rings is 1. The van der Waals surface area contributed by atoms with E-state index in [1.807, 2.05) is 0 Å². The fraction of sp³-hybridized carbons (Fsp3) is 0.625. The minimum atomic E-state index is 0.212. The first-order valence-corrected chi connectivity index (χ1v) is 7.33. The van der Waals surface area contributed by atoms with E-state index in [9.17, 15) is 0 Å². The third kappa shape index (κ3) is 3.71. The van der Waals surface area contributed by atoms with Crippen molar-refractivity contribution in [1.82, 2.24) is 4.90 Å². The Bertz CT molecular complexity index is 403. The van der Waals surface area contributed by atoms with Gasteiger partial charge in [-0.2, -0.15) is 0 Å². The molecule has 1 aliphatic rings. The van der Waals surface area contributed by atoms with E-state index in [2.05, 4.69) is 55.1 Å². The highest BCUT2D eigenvalue weighted by atomic mass is 15.2. The van der Waals surface area contributed by atoms with Crippen LogP contribution in [-0.4, -0.2) is 44.2 Å². The number of hydrogen-bond acceptors (Lipinski definition) is 3. The molecular formula is C16H27N3. The molecule has 1 aromatic rings. The van der Waals surface area contributed by atoms with Gasteiger partial charge in [-0.3, -0.25) is 0 Å². The van der Waals surface area contributed by atoms with Crippen molar-refractivity contribution in [2.45, 2.75) is 38.3 Å². The van der Waals surface area contributed by atoms with Gasteiger partial charge in [0.15, 0.2) is 0 Å². The largest absolute Gasteiger partial charge is 0.373 e. The number of likely N-dealkylation sites (tertiary alicyclic amines) is 1. The first kappa shape index (κ1) is 14.4. The van der Waals surface area contributed by atoms with E-state index in [-0.39, 0.29) is 6.04 Å². The lowest BCUT2D eigenvalue weighted by atomic mass is 10.0. The van der Waals surface area contributed by atoms with Gasteiger partial charge in [0, 0.05) is 31.4 Å². The smallest absolute Gasteiger partial charge is 0.0397 e. The number of nitrogens with two attached hydrogens (primary N) is 1. The van der Waals surface area contributed by atoms with Gasteiger partial charge < -0.3 is 15.5 Å². The van der Waals surface area contributed by atoms with Crippen molar-refractivity contribution in [3.63, 3.8) is 0 Å². The SMILES string of the molecule is CC(N)Cc1ccccc1N(C)CC1CCCN1C. The Morgan fingerprint density at radius 1 is 1.42 bits per heavy atom. The lowest BCUT2D eigenvalue weighted by Crippen LogP contribution is -2.37. The fourth-order valence-corrected chi connectivity index (χ4v) is 3.03. The highest BCUT2D eigenvalue weighted by Crippen LogP contribution is 2.23. The molecule has 2 rings (SSSR count). The molecule has 1 aliphatic heterocycles. The Morgan fingerprint density at radius 3 is 2.79 bits per heavy atom. The molecule has 2 unspecified atom stereocenters. The zero-order valence-electron chi connectivity index (χ0n) is 12.5. The van der Waals surface area contributed by atoms with Crippen LogP contribution in [0.1, 0.15) is 25.3 Å². The third-order valence-corrected chi connectivity index (χ3v) is 4.10. The number of nitrogens with zero attached hydrogens (tertiary/aromatic N) is 2. The maximum absolute atomic E-state index is 5.95. The minimum absolute atomic E-state index is 0.212. The average molecular weight is 261 g/mol. The zero-order valence-corrected chi connectivity index (χ0v) is 12.5. The van der Waals surface area contributed by atoms with Gasteiger partial charge in [0.05, 0.1) is 0 Å². The molecule has 2 N–H and O–H groups in total. The van der Waals surface area contributed by atoms with Crippen molar-refractivity contribution in [1.29, 1.82) is 0 Å². The van der Waals surface area contributed by atoms with Gasteiger partial charge in [-0.1, -0.05) is 18.2 Å². The summed E-state index contributed by atoms with van der Waals surface area (Å²) in [5.74, 6) is 0. The molecule has 19 heavy (non-hydrogen) atoms. The predicted molar refractivity (Wildman–Crippen MR) is 82.7 cm³/mol. The lowest BCUT2D eigenvalue weighted by Gasteiger charge is -2.29. The third-order valence-electron chi connectivity index (χ3n) is 4.10. The second-order valence-corrected chi connectivity index (χ2v) is 5.97. The van der Waals surface area contributed by atoms with Crippen LogP contribution in [0.25, 0.3) is 0 Å². The fourth-order valence-electron chi connectivity index (χ4n) is 3.03. The quantitative estimate of drug-likeness (QED) is 0.881. The molecule has 0 bridgehead atoms. The maximum atomic E-state index is 5.95.